The summed E-state index contributed by atoms with van der Waals surface area (Å²) in [5, 5.41) is 3.45. The van der Waals surface area contributed by atoms with Crippen molar-refractivity contribution in [1.29, 1.82) is 0 Å². The van der Waals surface area contributed by atoms with E-state index in [1.807, 2.05) is 0 Å². The summed E-state index contributed by atoms with van der Waals surface area (Å²) >= 11 is 0. The lowest BCUT2D eigenvalue weighted by Crippen LogP contribution is -2.16. The molecule has 0 fully saturated rings. The fourth-order valence-electron chi connectivity index (χ4n) is 2.97. The zero-order chi connectivity index (χ0) is 14.1. The van der Waals surface area contributed by atoms with Gasteiger partial charge in [0.05, 0.1) is 0 Å². The number of rotatable bonds is 3. The molecular formula is C18H22N2. The Labute approximate surface area is 121 Å². The van der Waals surface area contributed by atoms with E-state index in [4.69, 9.17) is 0 Å². The van der Waals surface area contributed by atoms with Gasteiger partial charge in [-0.05, 0) is 60.7 Å². The summed E-state index contributed by atoms with van der Waals surface area (Å²) in [7, 11) is 2.16. The summed E-state index contributed by atoms with van der Waals surface area (Å²) in [5.41, 5.74) is 8.06. The predicted octanol–water partition coefficient (Wildman–Crippen LogP) is 3.91. The second-order valence-corrected chi connectivity index (χ2v) is 5.87. The first-order valence-electron chi connectivity index (χ1n) is 7.27. The monoisotopic (exact) mass is 266 g/mol. The Bertz CT molecular complexity index is 611. The van der Waals surface area contributed by atoms with Crippen molar-refractivity contribution in [2.24, 2.45) is 0 Å². The fourth-order valence-corrected chi connectivity index (χ4v) is 2.97. The zero-order valence-corrected chi connectivity index (χ0v) is 12.5. The van der Waals surface area contributed by atoms with Gasteiger partial charge in [-0.3, -0.25) is 0 Å². The fraction of sp³-hybridized carbons (Fsp3) is 0.333. The van der Waals surface area contributed by atoms with E-state index in [0.29, 0.717) is 0 Å². The van der Waals surface area contributed by atoms with Crippen LogP contribution in [0.1, 0.15) is 22.3 Å². The van der Waals surface area contributed by atoms with Crippen molar-refractivity contribution in [2.75, 3.05) is 23.8 Å². The van der Waals surface area contributed by atoms with E-state index >= 15 is 0 Å². The van der Waals surface area contributed by atoms with Gasteiger partial charge in [0.25, 0.3) is 0 Å². The Morgan fingerprint density at radius 2 is 1.80 bits per heavy atom. The molecule has 2 nitrogen and oxygen atoms in total. The normalized spacial score (nSPS) is 12.9. The quantitative estimate of drug-likeness (QED) is 0.906. The predicted molar refractivity (Wildman–Crippen MR) is 86.7 cm³/mol. The van der Waals surface area contributed by atoms with Crippen molar-refractivity contribution in [1.82, 2.24) is 0 Å². The van der Waals surface area contributed by atoms with Gasteiger partial charge in [0.1, 0.15) is 0 Å². The summed E-state index contributed by atoms with van der Waals surface area (Å²) in [5.74, 6) is 0. The largest absolute Gasteiger partial charge is 0.384 e. The van der Waals surface area contributed by atoms with E-state index in [2.05, 4.69) is 67.5 Å². The molecule has 0 radical (unpaired) electrons. The Hall–Kier alpha value is -1.96. The third kappa shape index (κ3) is 2.64. The van der Waals surface area contributed by atoms with Crippen LogP contribution >= 0.6 is 0 Å². The molecule has 2 heteroatoms. The molecule has 104 valence electrons. The highest BCUT2D eigenvalue weighted by Gasteiger charge is 2.11. The molecule has 1 aliphatic rings. The molecule has 0 atom stereocenters. The molecule has 0 bridgehead atoms. The van der Waals surface area contributed by atoms with Crippen LogP contribution in [0.25, 0.3) is 0 Å². The highest BCUT2D eigenvalue weighted by Crippen LogP contribution is 2.25. The molecule has 2 aromatic rings. The molecular weight excluding hydrogens is 244 g/mol. The molecule has 20 heavy (non-hydrogen) atoms. The van der Waals surface area contributed by atoms with Crippen LogP contribution in [0.5, 0.6) is 0 Å². The Morgan fingerprint density at radius 1 is 1.05 bits per heavy atom. The number of nitrogens with zero attached hydrogens (tertiary/aromatic N) is 1. The number of anilines is 2. The summed E-state index contributed by atoms with van der Waals surface area (Å²) in [6, 6.07) is 13.5. The molecule has 1 heterocycles. The molecule has 0 unspecified atom stereocenters. The van der Waals surface area contributed by atoms with Crippen LogP contribution in [0, 0.1) is 13.8 Å². The number of aryl methyl sites for hydroxylation is 2. The van der Waals surface area contributed by atoms with Crippen LogP contribution in [-0.2, 0) is 13.0 Å². The smallest absolute Gasteiger partial charge is 0.0426 e. The van der Waals surface area contributed by atoms with Crippen LogP contribution in [0.15, 0.2) is 36.4 Å². The van der Waals surface area contributed by atoms with Crippen LogP contribution < -0.4 is 10.2 Å². The van der Waals surface area contributed by atoms with Gasteiger partial charge >= 0.3 is 0 Å². The summed E-state index contributed by atoms with van der Waals surface area (Å²) in [6.45, 7) is 6.33. The van der Waals surface area contributed by atoms with Gasteiger partial charge in [-0.1, -0.05) is 18.2 Å². The number of hydrogen-bond acceptors (Lipinski definition) is 2. The van der Waals surface area contributed by atoms with Crippen molar-refractivity contribution < 1.29 is 0 Å². The minimum absolute atomic E-state index is 0.942. The van der Waals surface area contributed by atoms with Crippen molar-refractivity contribution in [3.8, 4) is 0 Å². The Morgan fingerprint density at radius 3 is 2.55 bits per heavy atom. The molecule has 1 aliphatic heterocycles. The van der Waals surface area contributed by atoms with Crippen molar-refractivity contribution in [2.45, 2.75) is 26.8 Å². The number of nitrogens with one attached hydrogen (secondary N) is 1. The first kappa shape index (κ1) is 13.0. The van der Waals surface area contributed by atoms with Gasteiger partial charge in [0.2, 0.25) is 0 Å². The Balaban J connectivity index is 1.80. The van der Waals surface area contributed by atoms with E-state index in [-0.39, 0.29) is 0 Å². The van der Waals surface area contributed by atoms with E-state index in [1.165, 1.54) is 33.6 Å². The summed E-state index contributed by atoms with van der Waals surface area (Å²) < 4.78 is 0. The van der Waals surface area contributed by atoms with E-state index in [0.717, 1.165) is 19.5 Å². The molecule has 0 saturated carbocycles. The lowest BCUT2D eigenvalue weighted by atomic mass is 10.1. The van der Waals surface area contributed by atoms with Gasteiger partial charge in [0, 0.05) is 31.5 Å². The number of fused-ring (bicyclic) bond motifs is 1. The average molecular weight is 266 g/mol. The maximum Gasteiger partial charge on any atom is 0.0426 e. The summed E-state index contributed by atoms with van der Waals surface area (Å²) in [6.07, 6.45) is 1.16. The molecule has 0 spiro atoms. The van der Waals surface area contributed by atoms with Gasteiger partial charge in [-0.15, -0.1) is 0 Å². The number of benzene rings is 2. The maximum absolute atomic E-state index is 3.45. The van der Waals surface area contributed by atoms with Crippen LogP contribution in [0.3, 0.4) is 0 Å². The SMILES string of the molecule is Cc1cc(C)cc(N(C)Cc2ccc3c(c2)NCC3)c1. The molecule has 0 amide bonds. The van der Waals surface area contributed by atoms with Crippen molar-refractivity contribution in [3.05, 3.63) is 58.7 Å². The van der Waals surface area contributed by atoms with Crippen LogP contribution in [0.2, 0.25) is 0 Å². The van der Waals surface area contributed by atoms with Crippen molar-refractivity contribution in [3.63, 3.8) is 0 Å². The molecule has 0 aromatic heterocycles. The first-order chi connectivity index (χ1) is 9.61. The minimum atomic E-state index is 0.942. The lowest BCUT2D eigenvalue weighted by molar-refractivity contribution is 0.921. The average Bonchev–Trinajstić information content (AvgIpc) is 2.85. The van der Waals surface area contributed by atoms with Gasteiger partial charge in [-0.25, -0.2) is 0 Å². The zero-order valence-electron chi connectivity index (χ0n) is 12.5. The molecule has 2 aromatic carbocycles. The van der Waals surface area contributed by atoms with Crippen LogP contribution in [0.4, 0.5) is 11.4 Å². The standard InChI is InChI=1S/C18H22N2/c1-13-8-14(2)10-17(9-13)20(3)12-15-4-5-16-6-7-19-18(16)11-15/h4-5,8-11,19H,6-7,12H2,1-3H3. The van der Waals surface area contributed by atoms with E-state index < -0.39 is 0 Å². The van der Waals surface area contributed by atoms with Gasteiger partial charge < -0.3 is 10.2 Å². The second kappa shape index (κ2) is 5.20. The number of hydrogen-bond donors (Lipinski definition) is 1. The maximum atomic E-state index is 3.45. The third-order valence-corrected chi connectivity index (χ3v) is 3.95. The minimum Gasteiger partial charge on any atom is -0.384 e. The highest BCUT2D eigenvalue weighted by molar-refractivity contribution is 5.58. The second-order valence-electron chi connectivity index (χ2n) is 5.87. The van der Waals surface area contributed by atoms with Crippen LogP contribution in [-0.4, -0.2) is 13.6 Å². The topological polar surface area (TPSA) is 15.3 Å². The molecule has 1 N–H and O–H groups in total. The lowest BCUT2D eigenvalue weighted by Gasteiger charge is -2.21. The van der Waals surface area contributed by atoms with E-state index in [9.17, 15) is 0 Å². The first-order valence-corrected chi connectivity index (χ1v) is 7.27. The molecule has 3 rings (SSSR count). The van der Waals surface area contributed by atoms with Gasteiger partial charge in [-0.2, -0.15) is 0 Å². The Kier molecular flexibility index (Phi) is 3.39. The van der Waals surface area contributed by atoms with E-state index in [1.54, 1.807) is 0 Å². The molecule has 0 aliphatic carbocycles. The van der Waals surface area contributed by atoms with Gasteiger partial charge in [0.15, 0.2) is 0 Å². The molecule has 0 saturated heterocycles. The highest BCUT2D eigenvalue weighted by atomic mass is 15.1. The summed E-state index contributed by atoms with van der Waals surface area (Å²) in [4.78, 5) is 2.32. The third-order valence-electron chi connectivity index (χ3n) is 3.95. The van der Waals surface area contributed by atoms with Crippen molar-refractivity contribution >= 4 is 11.4 Å².